The van der Waals surface area contributed by atoms with Gasteiger partial charge in [-0.3, -0.25) is 10.1 Å². The molecule has 1 atom stereocenters. The van der Waals surface area contributed by atoms with Crippen LogP contribution in [0.1, 0.15) is 78.6 Å². The summed E-state index contributed by atoms with van der Waals surface area (Å²) < 4.78 is 0. The molecule has 0 radical (unpaired) electrons. The van der Waals surface area contributed by atoms with E-state index in [1.54, 1.807) is 0 Å². The third-order valence-corrected chi connectivity index (χ3v) is 6.30. The van der Waals surface area contributed by atoms with Gasteiger partial charge in [-0.1, -0.05) is 32.6 Å². The molecule has 2 aliphatic heterocycles. The summed E-state index contributed by atoms with van der Waals surface area (Å²) in [5, 5.41) is 3.78. The van der Waals surface area contributed by atoms with Crippen LogP contribution in [0.3, 0.4) is 0 Å². The first-order valence-electron chi connectivity index (χ1n) is 9.92. The smallest absolute Gasteiger partial charge is 0.244 e. The fraction of sp³-hybridized carbons (Fsp3) is 0.947. The predicted molar refractivity (Wildman–Crippen MR) is 94.2 cm³/mol. The van der Waals surface area contributed by atoms with Crippen molar-refractivity contribution in [2.24, 2.45) is 0 Å². The molecule has 4 heteroatoms. The maximum Gasteiger partial charge on any atom is 0.244 e. The van der Waals surface area contributed by atoms with Crippen LogP contribution in [0.5, 0.6) is 0 Å². The summed E-state index contributed by atoms with van der Waals surface area (Å²) in [5.41, 5.74) is -0.266. The quantitative estimate of drug-likeness (QED) is 0.845. The lowest BCUT2D eigenvalue weighted by Gasteiger charge is -2.40. The van der Waals surface area contributed by atoms with Crippen molar-refractivity contribution in [1.82, 2.24) is 15.1 Å². The van der Waals surface area contributed by atoms with Crippen molar-refractivity contribution >= 4 is 5.91 Å². The molecule has 1 N–H and O–H groups in total. The molecule has 4 nitrogen and oxygen atoms in total. The Balaban J connectivity index is 1.66. The Morgan fingerprint density at radius 3 is 2.43 bits per heavy atom. The fourth-order valence-electron chi connectivity index (χ4n) is 4.94. The Kier molecular flexibility index (Phi) is 5.32. The summed E-state index contributed by atoms with van der Waals surface area (Å²) in [6.07, 6.45) is 11.2. The van der Waals surface area contributed by atoms with Gasteiger partial charge in [-0.25, -0.2) is 0 Å². The van der Waals surface area contributed by atoms with Gasteiger partial charge in [-0.2, -0.15) is 0 Å². The molecule has 3 rings (SSSR count). The minimum absolute atomic E-state index is 0.250. The highest BCUT2D eigenvalue weighted by Crippen LogP contribution is 2.36. The van der Waals surface area contributed by atoms with Gasteiger partial charge < -0.3 is 9.80 Å². The van der Waals surface area contributed by atoms with E-state index in [4.69, 9.17) is 0 Å². The number of hydrogen-bond donors (Lipinski definition) is 1. The number of carbonyl (C=O) groups is 1. The molecule has 1 saturated carbocycles. The first-order valence-corrected chi connectivity index (χ1v) is 9.92. The normalized spacial score (nSPS) is 29.3. The number of unbranched alkanes of at least 4 members (excludes halogenated alkanes) is 1. The standard InChI is InChI=1S/C19H35N3O/c1-4-5-10-17-20-19(18(23)22(17)15(2)3)11-13-21(14-12-19)16-8-6-7-9-16/h15-17,20H,4-14H2,1-3H3. The molecular weight excluding hydrogens is 286 g/mol. The molecule has 3 fully saturated rings. The maximum atomic E-state index is 13.2. The maximum absolute atomic E-state index is 13.2. The van der Waals surface area contributed by atoms with Crippen molar-refractivity contribution in [3.8, 4) is 0 Å². The number of rotatable bonds is 5. The van der Waals surface area contributed by atoms with Crippen LogP contribution < -0.4 is 5.32 Å². The minimum atomic E-state index is -0.266. The average molecular weight is 322 g/mol. The Morgan fingerprint density at radius 2 is 1.87 bits per heavy atom. The van der Waals surface area contributed by atoms with Gasteiger partial charge in [-0.05, 0) is 46.0 Å². The van der Waals surface area contributed by atoms with E-state index in [0.717, 1.165) is 38.4 Å². The van der Waals surface area contributed by atoms with Crippen LogP contribution in [0.4, 0.5) is 0 Å². The second-order valence-corrected chi connectivity index (χ2v) is 8.16. The minimum Gasteiger partial charge on any atom is -0.323 e. The van der Waals surface area contributed by atoms with Crippen molar-refractivity contribution in [2.45, 2.75) is 102 Å². The van der Waals surface area contributed by atoms with Crippen molar-refractivity contribution in [3.63, 3.8) is 0 Å². The SMILES string of the molecule is CCCCC1NC2(CCN(C3CCCC3)CC2)C(=O)N1C(C)C. The van der Waals surface area contributed by atoms with Gasteiger partial charge in [-0.15, -0.1) is 0 Å². The van der Waals surface area contributed by atoms with Crippen LogP contribution in [-0.2, 0) is 4.79 Å². The number of carbonyl (C=O) groups excluding carboxylic acids is 1. The summed E-state index contributed by atoms with van der Waals surface area (Å²) in [6, 6.07) is 1.09. The Labute approximate surface area is 142 Å². The topological polar surface area (TPSA) is 35.6 Å². The number of likely N-dealkylation sites (tertiary alicyclic amines) is 1. The Morgan fingerprint density at radius 1 is 1.22 bits per heavy atom. The van der Waals surface area contributed by atoms with Crippen molar-refractivity contribution in [2.75, 3.05) is 13.1 Å². The largest absolute Gasteiger partial charge is 0.323 e. The summed E-state index contributed by atoms with van der Waals surface area (Å²) in [4.78, 5) is 18.0. The first kappa shape index (κ1) is 17.2. The Bertz CT molecular complexity index is 409. The summed E-state index contributed by atoms with van der Waals surface area (Å²) in [5.74, 6) is 0.375. The third kappa shape index (κ3) is 3.30. The monoisotopic (exact) mass is 321 g/mol. The van der Waals surface area contributed by atoms with Crippen molar-refractivity contribution in [1.29, 1.82) is 0 Å². The molecular formula is C19H35N3O. The van der Waals surface area contributed by atoms with E-state index in [2.05, 4.69) is 35.9 Å². The molecule has 1 spiro atoms. The van der Waals surface area contributed by atoms with E-state index in [9.17, 15) is 4.79 Å². The van der Waals surface area contributed by atoms with E-state index >= 15 is 0 Å². The van der Waals surface area contributed by atoms with Gasteiger partial charge >= 0.3 is 0 Å². The zero-order valence-corrected chi connectivity index (χ0v) is 15.3. The lowest BCUT2D eigenvalue weighted by molar-refractivity contribution is -0.136. The first-order chi connectivity index (χ1) is 11.1. The molecule has 0 aromatic heterocycles. The molecule has 2 saturated heterocycles. The van der Waals surface area contributed by atoms with E-state index in [1.165, 1.54) is 38.5 Å². The molecule has 1 amide bonds. The van der Waals surface area contributed by atoms with Crippen LogP contribution in [-0.4, -0.2) is 52.6 Å². The summed E-state index contributed by atoms with van der Waals surface area (Å²) in [6.45, 7) is 8.73. The summed E-state index contributed by atoms with van der Waals surface area (Å²) >= 11 is 0. The molecule has 0 aromatic rings. The molecule has 1 aliphatic carbocycles. The van der Waals surface area contributed by atoms with E-state index in [0.29, 0.717) is 11.9 Å². The van der Waals surface area contributed by atoms with Crippen LogP contribution in [0.25, 0.3) is 0 Å². The van der Waals surface area contributed by atoms with E-state index in [1.807, 2.05) is 0 Å². The van der Waals surface area contributed by atoms with Crippen LogP contribution in [0.2, 0.25) is 0 Å². The van der Waals surface area contributed by atoms with Gasteiger partial charge in [0.25, 0.3) is 0 Å². The number of hydrogen-bond acceptors (Lipinski definition) is 3. The average Bonchev–Trinajstić information content (AvgIpc) is 3.14. The fourth-order valence-corrected chi connectivity index (χ4v) is 4.94. The predicted octanol–water partition coefficient (Wildman–Crippen LogP) is 3.12. The van der Waals surface area contributed by atoms with E-state index < -0.39 is 0 Å². The lowest BCUT2D eigenvalue weighted by Crippen LogP contribution is -2.56. The molecule has 0 aromatic carbocycles. The van der Waals surface area contributed by atoms with Crippen molar-refractivity contribution in [3.05, 3.63) is 0 Å². The van der Waals surface area contributed by atoms with Crippen LogP contribution >= 0.6 is 0 Å². The number of piperidine rings is 1. The highest BCUT2D eigenvalue weighted by atomic mass is 16.2. The second-order valence-electron chi connectivity index (χ2n) is 8.16. The second kappa shape index (κ2) is 7.10. The number of nitrogens with zero attached hydrogens (tertiary/aromatic N) is 2. The molecule has 2 heterocycles. The zero-order valence-electron chi connectivity index (χ0n) is 15.3. The number of amides is 1. The summed E-state index contributed by atoms with van der Waals surface area (Å²) in [7, 11) is 0. The molecule has 0 bridgehead atoms. The van der Waals surface area contributed by atoms with Gasteiger partial charge in [0.1, 0.15) is 5.54 Å². The molecule has 23 heavy (non-hydrogen) atoms. The van der Waals surface area contributed by atoms with Gasteiger partial charge in [0, 0.05) is 25.2 Å². The van der Waals surface area contributed by atoms with Crippen LogP contribution in [0, 0.1) is 0 Å². The Hall–Kier alpha value is -0.610. The van der Waals surface area contributed by atoms with Crippen LogP contribution in [0.15, 0.2) is 0 Å². The molecule has 1 unspecified atom stereocenters. The van der Waals surface area contributed by atoms with E-state index in [-0.39, 0.29) is 11.7 Å². The molecule has 3 aliphatic rings. The zero-order chi connectivity index (χ0) is 16.4. The third-order valence-electron chi connectivity index (χ3n) is 6.30. The van der Waals surface area contributed by atoms with Gasteiger partial charge in [0.2, 0.25) is 5.91 Å². The van der Waals surface area contributed by atoms with Crippen molar-refractivity contribution < 1.29 is 4.79 Å². The van der Waals surface area contributed by atoms with Gasteiger partial charge in [0.15, 0.2) is 0 Å². The van der Waals surface area contributed by atoms with Gasteiger partial charge in [0.05, 0.1) is 6.17 Å². The number of nitrogens with one attached hydrogen (secondary N) is 1. The highest BCUT2D eigenvalue weighted by molar-refractivity contribution is 5.89. The lowest BCUT2D eigenvalue weighted by atomic mass is 9.86. The molecule has 132 valence electrons. The highest BCUT2D eigenvalue weighted by Gasteiger charge is 2.52.